The summed E-state index contributed by atoms with van der Waals surface area (Å²) in [5, 5.41) is 2.83. The lowest BCUT2D eigenvalue weighted by Crippen LogP contribution is -2.37. The second-order valence-corrected chi connectivity index (χ2v) is 5.55. The van der Waals surface area contributed by atoms with Crippen LogP contribution in [0.2, 0.25) is 0 Å². The van der Waals surface area contributed by atoms with Crippen molar-refractivity contribution >= 4 is 17.6 Å². The first-order chi connectivity index (χ1) is 10.5. The molecule has 0 radical (unpaired) electrons. The van der Waals surface area contributed by atoms with E-state index in [-0.39, 0.29) is 11.9 Å². The van der Waals surface area contributed by atoms with Crippen molar-refractivity contribution in [2.45, 2.75) is 45.8 Å². The van der Waals surface area contributed by atoms with Gasteiger partial charge in [0.05, 0.1) is 5.56 Å². The summed E-state index contributed by atoms with van der Waals surface area (Å²) in [6.45, 7) is 7.61. The maximum absolute atomic E-state index is 12.1. The molecule has 0 aliphatic heterocycles. The van der Waals surface area contributed by atoms with Crippen molar-refractivity contribution in [2.24, 2.45) is 0 Å². The van der Waals surface area contributed by atoms with Crippen molar-refractivity contribution in [1.29, 1.82) is 0 Å². The van der Waals surface area contributed by atoms with Crippen LogP contribution in [0.15, 0.2) is 24.3 Å². The molecule has 1 saturated carbocycles. The van der Waals surface area contributed by atoms with Gasteiger partial charge in [0.2, 0.25) is 0 Å². The molecule has 1 aliphatic rings. The molecule has 1 amide bonds. The van der Waals surface area contributed by atoms with Crippen LogP contribution >= 0.6 is 0 Å². The van der Waals surface area contributed by atoms with E-state index in [0.29, 0.717) is 5.56 Å². The van der Waals surface area contributed by atoms with Crippen molar-refractivity contribution in [3.8, 4) is 0 Å². The molecule has 0 aromatic heterocycles. The molecule has 1 fully saturated rings. The fourth-order valence-corrected chi connectivity index (χ4v) is 2.23. The highest BCUT2D eigenvalue weighted by Crippen LogP contribution is 2.19. The minimum Gasteiger partial charge on any atom is -0.449 e. The van der Waals surface area contributed by atoms with E-state index in [4.69, 9.17) is 4.74 Å². The van der Waals surface area contributed by atoms with Gasteiger partial charge in [0.25, 0.3) is 5.91 Å². The number of benzene rings is 1. The van der Waals surface area contributed by atoms with Crippen LogP contribution in [0.3, 0.4) is 0 Å². The Labute approximate surface area is 131 Å². The summed E-state index contributed by atoms with van der Waals surface area (Å²) < 4.78 is 5.22. The highest BCUT2D eigenvalue weighted by atomic mass is 16.5. The number of ether oxygens (including phenoxy) is 1. The number of esters is 1. The number of hydrogen-bond acceptors (Lipinski definition) is 4. The van der Waals surface area contributed by atoms with Crippen molar-refractivity contribution in [3.63, 3.8) is 0 Å². The summed E-state index contributed by atoms with van der Waals surface area (Å²) in [7, 11) is 0. The van der Waals surface area contributed by atoms with Gasteiger partial charge in [-0.15, -0.1) is 0 Å². The van der Waals surface area contributed by atoms with E-state index in [0.717, 1.165) is 31.6 Å². The van der Waals surface area contributed by atoms with Crippen LogP contribution < -0.4 is 10.2 Å². The summed E-state index contributed by atoms with van der Waals surface area (Å²) in [4.78, 5) is 26.0. The van der Waals surface area contributed by atoms with Crippen LogP contribution in [0.25, 0.3) is 0 Å². The van der Waals surface area contributed by atoms with Gasteiger partial charge in [-0.1, -0.05) is 0 Å². The predicted octanol–water partition coefficient (Wildman–Crippen LogP) is 2.36. The standard InChI is InChI=1S/C17H24N2O3/c1-4-19(5-2)15-10-6-13(7-11-15)17(21)22-12(3)16(20)18-14-8-9-14/h6-7,10-12,14H,4-5,8-9H2,1-3H3,(H,18,20)/t12-/m1/s1. The molecule has 22 heavy (non-hydrogen) atoms. The first-order valence-electron chi connectivity index (χ1n) is 7.91. The Morgan fingerprint density at radius 2 is 1.82 bits per heavy atom. The zero-order valence-electron chi connectivity index (χ0n) is 13.5. The molecule has 5 heteroatoms. The zero-order chi connectivity index (χ0) is 16.1. The van der Waals surface area contributed by atoms with Crippen molar-refractivity contribution in [3.05, 3.63) is 29.8 Å². The number of nitrogens with one attached hydrogen (secondary N) is 1. The molecule has 1 N–H and O–H groups in total. The SMILES string of the molecule is CCN(CC)c1ccc(C(=O)O[C@H](C)C(=O)NC2CC2)cc1. The van der Waals surface area contributed by atoms with Gasteiger partial charge < -0.3 is 15.0 Å². The zero-order valence-corrected chi connectivity index (χ0v) is 13.5. The van der Waals surface area contributed by atoms with E-state index in [2.05, 4.69) is 24.1 Å². The summed E-state index contributed by atoms with van der Waals surface area (Å²) in [6, 6.07) is 7.54. The van der Waals surface area contributed by atoms with Crippen molar-refractivity contribution in [2.75, 3.05) is 18.0 Å². The van der Waals surface area contributed by atoms with E-state index in [1.54, 1.807) is 19.1 Å². The largest absolute Gasteiger partial charge is 0.449 e. The molecule has 120 valence electrons. The molecule has 0 heterocycles. The molecular formula is C17H24N2O3. The van der Waals surface area contributed by atoms with Gasteiger partial charge in [-0.25, -0.2) is 4.79 Å². The molecule has 2 rings (SSSR count). The van der Waals surface area contributed by atoms with Crippen LogP contribution in [-0.4, -0.2) is 37.1 Å². The Hall–Kier alpha value is -2.04. The molecule has 1 aromatic rings. The number of anilines is 1. The van der Waals surface area contributed by atoms with Gasteiger partial charge in [-0.05, 0) is 57.9 Å². The predicted molar refractivity (Wildman–Crippen MR) is 86.0 cm³/mol. The number of carbonyl (C=O) groups is 2. The van der Waals surface area contributed by atoms with Gasteiger partial charge in [-0.3, -0.25) is 4.79 Å². The maximum atomic E-state index is 12.1. The third kappa shape index (κ3) is 4.23. The minimum atomic E-state index is -0.768. The third-order valence-electron chi connectivity index (χ3n) is 3.81. The summed E-state index contributed by atoms with van der Waals surface area (Å²) >= 11 is 0. The van der Waals surface area contributed by atoms with Gasteiger partial charge in [0.1, 0.15) is 0 Å². The van der Waals surface area contributed by atoms with Crippen LogP contribution in [0.1, 0.15) is 44.0 Å². The molecule has 0 bridgehead atoms. The summed E-state index contributed by atoms with van der Waals surface area (Å²) in [6.07, 6.45) is 1.26. The Kier molecular flexibility index (Phi) is 5.41. The van der Waals surface area contributed by atoms with Crippen molar-refractivity contribution < 1.29 is 14.3 Å². The van der Waals surface area contributed by atoms with Crippen molar-refractivity contribution in [1.82, 2.24) is 5.32 Å². The first kappa shape index (κ1) is 16.3. The average Bonchev–Trinajstić information content (AvgIpc) is 3.33. The van der Waals surface area contributed by atoms with E-state index < -0.39 is 12.1 Å². The third-order valence-corrected chi connectivity index (χ3v) is 3.81. The highest BCUT2D eigenvalue weighted by Gasteiger charge is 2.27. The number of rotatable bonds is 7. The smallest absolute Gasteiger partial charge is 0.338 e. The monoisotopic (exact) mass is 304 g/mol. The van der Waals surface area contributed by atoms with E-state index in [9.17, 15) is 9.59 Å². The second kappa shape index (κ2) is 7.29. The molecule has 1 aromatic carbocycles. The molecule has 1 atom stereocenters. The number of amides is 1. The maximum Gasteiger partial charge on any atom is 0.338 e. The average molecular weight is 304 g/mol. The van der Waals surface area contributed by atoms with Crippen LogP contribution in [-0.2, 0) is 9.53 Å². The highest BCUT2D eigenvalue weighted by molar-refractivity contribution is 5.92. The van der Waals surface area contributed by atoms with Gasteiger partial charge in [0, 0.05) is 24.8 Å². The van der Waals surface area contributed by atoms with Gasteiger partial charge in [-0.2, -0.15) is 0 Å². The molecule has 5 nitrogen and oxygen atoms in total. The Balaban J connectivity index is 1.92. The van der Waals surface area contributed by atoms with E-state index in [1.807, 2.05) is 12.1 Å². The van der Waals surface area contributed by atoms with Crippen LogP contribution in [0.4, 0.5) is 5.69 Å². The fourth-order valence-electron chi connectivity index (χ4n) is 2.23. The first-order valence-corrected chi connectivity index (χ1v) is 7.91. The number of carbonyl (C=O) groups excluding carboxylic acids is 2. The Morgan fingerprint density at radius 3 is 2.32 bits per heavy atom. The number of hydrogen-bond donors (Lipinski definition) is 1. The Morgan fingerprint density at radius 1 is 1.23 bits per heavy atom. The Bertz CT molecular complexity index is 519. The van der Waals surface area contributed by atoms with Crippen LogP contribution in [0.5, 0.6) is 0 Å². The summed E-state index contributed by atoms with van der Waals surface area (Å²) in [5.74, 6) is -0.694. The minimum absolute atomic E-state index is 0.226. The van der Waals surface area contributed by atoms with Gasteiger partial charge >= 0.3 is 5.97 Å². The molecule has 0 saturated heterocycles. The fraction of sp³-hybridized carbons (Fsp3) is 0.529. The normalized spacial score (nSPS) is 15.0. The molecule has 0 unspecified atom stereocenters. The van der Waals surface area contributed by atoms with E-state index >= 15 is 0 Å². The van der Waals surface area contributed by atoms with Gasteiger partial charge in [0.15, 0.2) is 6.10 Å². The number of nitrogens with zero attached hydrogens (tertiary/aromatic N) is 1. The molecule has 0 spiro atoms. The topological polar surface area (TPSA) is 58.6 Å². The lowest BCUT2D eigenvalue weighted by atomic mass is 10.2. The molecule has 1 aliphatic carbocycles. The molecular weight excluding hydrogens is 280 g/mol. The second-order valence-electron chi connectivity index (χ2n) is 5.55. The van der Waals surface area contributed by atoms with Crippen LogP contribution in [0, 0.1) is 0 Å². The summed E-state index contributed by atoms with van der Waals surface area (Å²) in [5.41, 5.74) is 1.53. The lowest BCUT2D eigenvalue weighted by Gasteiger charge is -2.21. The quantitative estimate of drug-likeness (QED) is 0.786. The van der Waals surface area contributed by atoms with E-state index in [1.165, 1.54) is 0 Å². The lowest BCUT2D eigenvalue weighted by molar-refractivity contribution is -0.129.